The standard InChI is InChI=1S/C27H34N2O5/c1-17(2)14-29(15-25(30)31)26(32)23(18(3)4)13-28-27(33)34-16-24-21-11-7-5-9-19(21)20-10-6-8-12-22(20)24/h5-12,17-18,23-24H,13-16H2,1-4H3,(H,28,33)(H,30,31). The Labute approximate surface area is 201 Å². The highest BCUT2D eigenvalue weighted by Gasteiger charge is 2.31. The van der Waals surface area contributed by atoms with Crippen LogP contribution in [0.25, 0.3) is 11.1 Å². The van der Waals surface area contributed by atoms with Crippen molar-refractivity contribution in [1.82, 2.24) is 10.2 Å². The molecule has 2 amide bonds. The van der Waals surface area contributed by atoms with E-state index in [9.17, 15) is 19.5 Å². The molecule has 0 spiro atoms. The van der Waals surface area contributed by atoms with E-state index in [1.807, 2.05) is 52.0 Å². The predicted octanol–water partition coefficient (Wildman–Crippen LogP) is 4.37. The quantitative estimate of drug-likeness (QED) is 0.542. The van der Waals surface area contributed by atoms with E-state index < -0.39 is 18.0 Å². The average molecular weight is 467 g/mol. The minimum Gasteiger partial charge on any atom is -0.480 e. The number of nitrogens with one attached hydrogen (secondary N) is 1. The molecule has 2 N–H and O–H groups in total. The zero-order valence-electron chi connectivity index (χ0n) is 20.3. The number of carboxylic acids is 1. The number of hydrogen-bond acceptors (Lipinski definition) is 4. The van der Waals surface area contributed by atoms with E-state index in [0.717, 1.165) is 22.3 Å². The van der Waals surface area contributed by atoms with Gasteiger partial charge in [-0.3, -0.25) is 9.59 Å². The maximum Gasteiger partial charge on any atom is 0.407 e. The highest BCUT2D eigenvalue weighted by Crippen LogP contribution is 2.44. The fourth-order valence-electron chi connectivity index (χ4n) is 4.52. The van der Waals surface area contributed by atoms with Gasteiger partial charge in [-0.05, 0) is 34.1 Å². The van der Waals surface area contributed by atoms with Crippen LogP contribution in [0.2, 0.25) is 0 Å². The maximum atomic E-state index is 13.1. The van der Waals surface area contributed by atoms with E-state index in [0.29, 0.717) is 6.54 Å². The molecule has 0 radical (unpaired) electrons. The monoisotopic (exact) mass is 466 g/mol. The molecule has 7 nitrogen and oxygen atoms in total. The number of carboxylic acid groups (broad SMARTS) is 1. The number of alkyl carbamates (subject to hydrolysis) is 1. The number of benzene rings is 2. The normalized spacial score (nSPS) is 13.4. The zero-order valence-corrected chi connectivity index (χ0v) is 20.3. The average Bonchev–Trinajstić information content (AvgIpc) is 3.10. The molecule has 0 aromatic heterocycles. The lowest BCUT2D eigenvalue weighted by Crippen LogP contribution is -2.46. The van der Waals surface area contributed by atoms with Gasteiger partial charge < -0.3 is 20.1 Å². The second-order valence-corrected chi connectivity index (χ2v) is 9.56. The van der Waals surface area contributed by atoms with Gasteiger partial charge in [0.25, 0.3) is 0 Å². The summed E-state index contributed by atoms with van der Waals surface area (Å²) in [5, 5.41) is 11.9. The number of carbonyl (C=O) groups is 3. The van der Waals surface area contributed by atoms with Crippen molar-refractivity contribution in [3.63, 3.8) is 0 Å². The third-order valence-corrected chi connectivity index (χ3v) is 6.16. The Morgan fingerprint density at radius 2 is 1.53 bits per heavy atom. The Morgan fingerprint density at radius 3 is 2.03 bits per heavy atom. The number of ether oxygens (including phenoxy) is 1. The van der Waals surface area contributed by atoms with Gasteiger partial charge in [-0.25, -0.2) is 4.79 Å². The summed E-state index contributed by atoms with van der Waals surface area (Å²) < 4.78 is 5.57. The molecule has 182 valence electrons. The molecule has 0 heterocycles. The fourth-order valence-corrected chi connectivity index (χ4v) is 4.52. The van der Waals surface area contributed by atoms with Crippen molar-refractivity contribution in [2.45, 2.75) is 33.6 Å². The fraction of sp³-hybridized carbons (Fsp3) is 0.444. The van der Waals surface area contributed by atoms with Crippen LogP contribution in [0.15, 0.2) is 48.5 Å². The van der Waals surface area contributed by atoms with Gasteiger partial charge in [-0.1, -0.05) is 76.2 Å². The van der Waals surface area contributed by atoms with Gasteiger partial charge in [0.15, 0.2) is 0 Å². The Balaban J connectivity index is 1.62. The smallest absolute Gasteiger partial charge is 0.407 e. The maximum absolute atomic E-state index is 13.1. The number of fused-ring (bicyclic) bond motifs is 3. The van der Waals surface area contributed by atoms with E-state index in [-0.39, 0.29) is 43.4 Å². The number of aliphatic carboxylic acids is 1. The van der Waals surface area contributed by atoms with Crippen LogP contribution >= 0.6 is 0 Å². The first-order chi connectivity index (χ1) is 16.2. The first kappa shape index (κ1) is 25.3. The summed E-state index contributed by atoms with van der Waals surface area (Å²) in [4.78, 5) is 38.2. The van der Waals surface area contributed by atoms with Crippen LogP contribution in [0.5, 0.6) is 0 Å². The summed E-state index contributed by atoms with van der Waals surface area (Å²) in [5.74, 6) is -1.86. The molecule has 0 fully saturated rings. The van der Waals surface area contributed by atoms with E-state index in [1.54, 1.807) is 0 Å². The summed E-state index contributed by atoms with van der Waals surface area (Å²) in [6, 6.07) is 16.2. The highest BCUT2D eigenvalue weighted by atomic mass is 16.5. The molecule has 1 aliphatic carbocycles. The van der Waals surface area contributed by atoms with E-state index >= 15 is 0 Å². The van der Waals surface area contributed by atoms with Crippen LogP contribution in [0, 0.1) is 17.8 Å². The first-order valence-electron chi connectivity index (χ1n) is 11.8. The number of carbonyl (C=O) groups excluding carboxylic acids is 2. The van der Waals surface area contributed by atoms with Gasteiger partial charge in [0.1, 0.15) is 13.2 Å². The Bertz CT molecular complexity index is 988. The summed E-state index contributed by atoms with van der Waals surface area (Å²) >= 11 is 0. The number of amides is 2. The second kappa shape index (κ2) is 11.2. The zero-order chi connectivity index (χ0) is 24.8. The molecule has 3 rings (SSSR count). The third-order valence-electron chi connectivity index (χ3n) is 6.16. The summed E-state index contributed by atoms with van der Waals surface area (Å²) in [7, 11) is 0. The molecular weight excluding hydrogens is 432 g/mol. The minimum absolute atomic E-state index is 0.0437. The van der Waals surface area contributed by atoms with E-state index in [2.05, 4.69) is 29.6 Å². The van der Waals surface area contributed by atoms with Gasteiger partial charge in [0.2, 0.25) is 5.91 Å². The second-order valence-electron chi connectivity index (χ2n) is 9.56. The topological polar surface area (TPSA) is 95.9 Å². The molecule has 0 saturated heterocycles. The van der Waals surface area contributed by atoms with Crippen molar-refractivity contribution in [2.75, 3.05) is 26.2 Å². The number of hydrogen-bond donors (Lipinski definition) is 2. The van der Waals surface area contributed by atoms with Gasteiger partial charge in [0, 0.05) is 19.0 Å². The number of nitrogens with zero attached hydrogens (tertiary/aromatic N) is 1. The van der Waals surface area contributed by atoms with Crippen molar-refractivity contribution in [3.05, 3.63) is 59.7 Å². The molecule has 0 bridgehead atoms. The molecule has 2 aromatic carbocycles. The van der Waals surface area contributed by atoms with Crippen LogP contribution < -0.4 is 5.32 Å². The van der Waals surface area contributed by atoms with Gasteiger partial charge in [-0.15, -0.1) is 0 Å². The number of rotatable bonds is 10. The SMILES string of the molecule is CC(C)CN(CC(=O)O)C(=O)C(CNC(=O)OCC1c2ccccc2-c2ccccc21)C(C)C. The summed E-state index contributed by atoms with van der Waals surface area (Å²) in [6.45, 7) is 7.90. The van der Waals surface area contributed by atoms with Crippen LogP contribution in [0.4, 0.5) is 4.79 Å². The molecule has 0 aliphatic heterocycles. The molecule has 2 aromatic rings. The van der Waals surface area contributed by atoms with Crippen LogP contribution in [-0.2, 0) is 14.3 Å². The summed E-state index contributed by atoms with van der Waals surface area (Å²) in [5.41, 5.74) is 4.57. The van der Waals surface area contributed by atoms with E-state index in [4.69, 9.17) is 4.74 Å². The molecule has 0 saturated carbocycles. The third kappa shape index (κ3) is 5.95. The predicted molar refractivity (Wildman–Crippen MR) is 130 cm³/mol. The van der Waals surface area contributed by atoms with Crippen molar-refractivity contribution in [2.24, 2.45) is 17.8 Å². The van der Waals surface area contributed by atoms with Crippen molar-refractivity contribution < 1.29 is 24.2 Å². The lowest BCUT2D eigenvalue weighted by atomic mass is 9.93. The molecule has 7 heteroatoms. The van der Waals surface area contributed by atoms with Crippen molar-refractivity contribution in [3.8, 4) is 11.1 Å². The van der Waals surface area contributed by atoms with E-state index in [1.165, 1.54) is 4.90 Å². The summed E-state index contributed by atoms with van der Waals surface area (Å²) in [6.07, 6.45) is -0.589. The molecule has 34 heavy (non-hydrogen) atoms. The lowest BCUT2D eigenvalue weighted by molar-refractivity contribution is -0.147. The van der Waals surface area contributed by atoms with Crippen LogP contribution in [-0.4, -0.2) is 54.2 Å². The molecular formula is C27H34N2O5. The van der Waals surface area contributed by atoms with Gasteiger partial charge in [0.05, 0.1) is 5.92 Å². The van der Waals surface area contributed by atoms with Crippen molar-refractivity contribution >= 4 is 18.0 Å². The Kier molecular flexibility index (Phi) is 8.31. The highest BCUT2D eigenvalue weighted by molar-refractivity contribution is 5.84. The largest absolute Gasteiger partial charge is 0.480 e. The minimum atomic E-state index is -1.05. The van der Waals surface area contributed by atoms with Gasteiger partial charge >= 0.3 is 12.1 Å². The lowest BCUT2D eigenvalue weighted by Gasteiger charge is -2.29. The molecule has 1 unspecified atom stereocenters. The molecule has 1 aliphatic rings. The van der Waals surface area contributed by atoms with Crippen LogP contribution in [0.1, 0.15) is 44.7 Å². The van der Waals surface area contributed by atoms with Gasteiger partial charge in [-0.2, -0.15) is 0 Å². The van der Waals surface area contributed by atoms with Crippen molar-refractivity contribution in [1.29, 1.82) is 0 Å². The Morgan fingerprint density at radius 1 is 0.971 bits per heavy atom. The van der Waals surface area contributed by atoms with Crippen LogP contribution in [0.3, 0.4) is 0 Å². The Hall–Kier alpha value is -3.35. The first-order valence-corrected chi connectivity index (χ1v) is 11.8. The molecule has 1 atom stereocenters.